The average molecular weight is 292 g/mol. The number of benzene rings is 1. The largest absolute Gasteiger partial charge is 0.340 e. The standard InChI is InChI=1S/C16H21FN2O2/c1-5-13-14(20)18-16(3,4)15(21)19(13)10(2)11-6-8-12(17)9-7-11/h6-10,13H,5H2,1-4H3,(H,18,20). The van der Waals surface area contributed by atoms with Crippen LogP contribution in [-0.4, -0.2) is 28.3 Å². The summed E-state index contributed by atoms with van der Waals surface area (Å²) in [6.45, 7) is 7.13. The lowest BCUT2D eigenvalue weighted by atomic mass is 9.92. The minimum absolute atomic E-state index is 0.120. The fourth-order valence-electron chi connectivity index (χ4n) is 2.77. The Hall–Kier alpha value is -1.91. The predicted molar refractivity (Wildman–Crippen MR) is 78.0 cm³/mol. The van der Waals surface area contributed by atoms with Crippen molar-refractivity contribution in [1.82, 2.24) is 10.2 Å². The van der Waals surface area contributed by atoms with E-state index in [1.807, 2.05) is 13.8 Å². The third kappa shape index (κ3) is 2.77. The number of carbonyl (C=O) groups excluding carboxylic acids is 2. The predicted octanol–water partition coefficient (Wildman–Crippen LogP) is 2.40. The van der Waals surface area contributed by atoms with Gasteiger partial charge in [-0.3, -0.25) is 9.59 Å². The number of hydrogen-bond acceptors (Lipinski definition) is 2. The molecule has 1 N–H and O–H groups in total. The van der Waals surface area contributed by atoms with E-state index in [-0.39, 0.29) is 23.7 Å². The van der Waals surface area contributed by atoms with Gasteiger partial charge in [0, 0.05) is 0 Å². The minimum atomic E-state index is -0.920. The van der Waals surface area contributed by atoms with Crippen molar-refractivity contribution in [3.63, 3.8) is 0 Å². The maximum Gasteiger partial charge on any atom is 0.248 e. The number of halogens is 1. The highest BCUT2D eigenvalue weighted by Crippen LogP contribution is 2.30. The van der Waals surface area contributed by atoms with E-state index in [4.69, 9.17) is 0 Å². The number of nitrogens with zero attached hydrogens (tertiary/aromatic N) is 1. The zero-order valence-corrected chi connectivity index (χ0v) is 12.8. The third-order valence-electron chi connectivity index (χ3n) is 4.00. The molecule has 1 saturated heterocycles. The van der Waals surface area contributed by atoms with Gasteiger partial charge in [-0.25, -0.2) is 4.39 Å². The summed E-state index contributed by atoms with van der Waals surface area (Å²) in [5.74, 6) is -0.581. The first kappa shape index (κ1) is 15.5. The molecule has 5 heteroatoms. The Labute approximate surface area is 124 Å². The van der Waals surface area contributed by atoms with Crippen molar-refractivity contribution in [1.29, 1.82) is 0 Å². The van der Waals surface area contributed by atoms with Crippen LogP contribution in [0.1, 0.15) is 45.7 Å². The fourth-order valence-corrected chi connectivity index (χ4v) is 2.77. The van der Waals surface area contributed by atoms with Gasteiger partial charge in [-0.2, -0.15) is 0 Å². The van der Waals surface area contributed by atoms with Gasteiger partial charge < -0.3 is 10.2 Å². The zero-order chi connectivity index (χ0) is 15.8. The van der Waals surface area contributed by atoms with Gasteiger partial charge in [0.05, 0.1) is 6.04 Å². The van der Waals surface area contributed by atoms with Crippen LogP contribution in [0.2, 0.25) is 0 Å². The maximum atomic E-state index is 13.1. The van der Waals surface area contributed by atoms with Gasteiger partial charge in [-0.05, 0) is 44.9 Å². The van der Waals surface area contributed by atoms with Crippen molar-refractivity contribution < 1.29 is 14.0 Å². The van der Waals surface area contributed by atoms with Crippen molar-refractivity contribution in [3.8, 4) is 0 Å². The van der Waals surface area contributed by atoms with Crippen molar-refractivity contribution in [2.24, 2.45) is 0 Å². The smallest absolute Gasteiger partial charge is 0.248 e. The van der Waals surface area contributed by atoms with Crippen molar-refractivity contribution in [3.05, 3.63) is 35.6 Å². The normalized spacial score (nSPS) is 22.9. The summed E-state index contributed by atoms with van der Waals surface area (Å²) >= 11 is 0. The molecule has 0 saturated carbocycles. The molecule has 1 aliphatic heterocycles. The summed E-state index contributed by atoms with van der Waals surface area (Å²) in [6, 6.07) is 5.26. The highest BCUT2D eigenvalue weighted by molar-refractivity contribution is 5.99. The van der Waals surface area contributed by atoms with E-state index in [0.717, 1.165) is 5.56 Å². The van der Waals surface area contributed by atoms with Crippen molar-refractivity contribution in [2.45, 2.75) is 51.7 Å². The highest BCUT2D eigenvalue weighted by atomic mass is 19.1. The summed E-state index contributed by atoms with van der Waals surface area (Å²) < 4.78 is 13.1. The molecule has 0 radical (unpaired) electrons. The molecular weight excluding hydrogens is 271 g/mol. The van der Waals surface area contributed by atoms with E-state index in [1.165, 1.54) is 12.1 Å². The van der Waals surface area contributed by atoms with E-state index in [2.05, 4.69) is 5.32 Å². The monoisotopic (exact) mass is 292 g/mol. The molecule has 2 atom stereocenters. The Kier molecular flexibility index (Phi) is 4.03. The van der Waals surface area contributed by atoms with E-state index >= 15 is 0 Å². The van der Waals surface area contributed by atoms with Gasteiger partial charge >= 0.3 is 0 Å². The second kappa shape index (κ2) is 5.47. The molecule has 2 rings (SSSR count). The zero-order valence-electron chi connectivity index (χ0n) is 12.8. The number of nitrogens with one attached hydrogen (secondary N) is 1. The van der Waals surface area contributed by atoms with Crippen LogP contribution in [0.5, 0.6) is 0 Å². The first-order valence-electron chi connectivity index (χ1n) is 7.18. The quantitative estimate of drug-likeness (QED) is 0.930. The van der Waals surface area contributed by atoms with Crippen molar-refractivity contribution in [2.75, 3.05) is 0 Å². The molecule has 1 fully saturated rings. The molecule has 0 aliphatic carbocycles. The van der Waals surface area contributed by atoms with E-state index in [0.29, 0.717) is 6.42 Å². The summed E-state index contributed by atoms with van der Waals surface area (Å²) in [7, 11) is 0. The van der Waals surface area contributed by atoms with Gasteiger partial charge in [-0.1, -0.05) is 19.1 Å². The second-order valence-corrected chi connectivity index (χ2v) is 5.98. The summed E-state index contributed by atoms with van der Waals surface area (Å²) in [4.78, 5) is 26.5. The van der Waals surface area contributed by atoms with Crippen LogP contribution < -0.4 is 5.32 Å². The van der Waals surface area contributed by atoms with Crippen LogP contribution in [0.25, 0.3) is 0 Å². The van der Waals surface area contributed by atoms with Crippen LogP contribution in [0, 0.1) is 5.82 Å². The molecular formula is C16H21FN2O2. The van der Waals surface area contributed by atoms with E-state index in [9.17, 15) is 14.0 Å². The van der Waals surface area contributed by atoms with Crippen molar-refractivity contribution >= 4 is 11.8 Å². The van der Waals surface area contributed by atoms with Crippen LogP contribution in [-0.2, 0) is 9.59 Å². The van der Waals surface area contributed by atoms with Crippen LogP contribution in [0.15, 0.2) is 24.3 Å². The lowest BCUT2D eigenvalue weighted by Crippen LogP contribution is -2.68. The third-order valence-corrected chi connectivity index (χ3v) is 4.00. The fraction of sp³-hybridized carbons (Fsp3) is 0.500. The number of hydrogen-bond donors (Lipinski definition) is 1. The lowest BCUT2D eigenvalue weighted by molar-refractivity contribution is -0.156. The van der Waals surface area contributed by atoms with E-state index < -0.39 is 11.6 Å². The molecule has 2 amide bonds. The number of carbonyl (C=O) groups is 2. The van der Waals surface area contributed by atoms with Gasteiger partial charge in [0.25, 0.3) is 0 Å². The molecule has 1 aliphatic rings. The average Bonchev–Trinajstić information content (AvgIpc) is 2.42. The van der Waals surface area contributed by atoms with Gasteiger partial charge in [0.15, 0.2) is 0 Å². The number of piperazine rings is 1. The molecule has 1 aromatic rings. The first-order valence-corrected chi connectivity index (χ1v) is 7.18. The van der Waals surface area contributed by atoms with Gasteiger partial charge in [-0.15, -0.1) is 0 Å². The molecule has 114 valence electrons. The second-order valence-electron chi connectivity index (χ2n) is 5.98. The topological polar surface area (TPSA) is 49.4 Å². The van der Waals surface area contributed by atoms with Gasteiger partial charge in [0.1, 0.15) is 17.4 Å². The van der Waals surface area contributed by atoms with Gasteiger partial charge in [0.2, 0.25) is 11.8 Å². The Balaban J connectivity index is 2.39. The number of amides is 2. The van der Waals surface area contributed by atoms with E-state index in [1.54, 1.807) is 30.9 Å². The molecule has 0 bridgehead atoms. The molecule has 1 heterocycles. The van der Waals surface area contributed by atoms with Crippen LogP contribution in [0.3, 0.4) is 0 Å². The number of rotatable bonds is 3. The highest BCUT2D eigenvalue weighted by Gasteiger charge is 2.46. The van der Waals surface area contributed by atoms with Crippen LogP contribution in [0.4, 0.5) is 4.39 Å². The summed E-state index contributed by atoms with van der Waals surface area (Å²) in [5, 5.41) is 2.76. The summed E-state index contributed by atoms with van der Waals surface area (Å²) in [6.07, 6.45) is 0.541. The first-order chi connectivity index (χ1) is 9.77. The molecule has 0 spiro atoms. The lowest BCUT2D eigenvalue weighted by Gasteiger charge is -2.45. The Morgan fingerprint density at radius 3 is 2.38 bits per heavy atom. The Bertz CT molecular complexity index is 554. The Morgan fingerprint density at radius 1 is 1.29 bits per heavy atom. The summed E-state index contributed by atoms with van der Waals surface area (Å²) in [5.41, 5.74) is -0.106. The molecule has 2 unspecified atom stereocenters. The molecule has 1 aromatic carbocycles. The molecule has 4 nitrogen and oxygen atoms in total. The van der Waals surface area contributed by atoms with Crippen LogP contribution >= 0.6 is 0 Å². The molecule has 21 heavy (non-hydrogen) atoms. The SMILES string of the molecule is CCC1C(=O)NC(C)(C)C(=O)N1C(C)c1ccc(F)cc1. The Morgan fingerprint density at radius 2 is 1.86 bits per heavy atom. The maximum absolute atomic E-state index is 13.1. The molecule has 0 aromatic heterocycles. The minimum Gasteiger partial charge on any atom is -0.340 e.